The van der Waals surface area contributed by atoms with Gasteiger partial charge < -0.3 is 10.8 Å². The zero-order chi connectivity index (χ0) is 11.5. The molecule has 0 aromatic rings. The smallest absolute Gasteiger partial charge is 0.391 e. The van der Waals surface area contributed by atoms with Crippen LogP contribution < -0.4 is 5.73 Å². The molecule has 0 aromatic heterocycles. The molecule has 0 spiro atoms. The van der Waals surface area contributed by atoms with Crippen LogP contribution in [0.3, 0.4) is 0 Å². The highest BCUT2D eigenvalue weighted by atomic mass is 19.4. The third-order valence-corrected chi connectivity index (χ3v) is 3.48. The fourth-order valence-corrected chi connectivity index (χ4v) is 2.48. The average molecular weight is 225 g/mol. The molecule has 1 saturated carbocycles. The minimum Gasteiger partial charge on any atom is -0.396 e. The molecule has 2 atom stereocenters. The van der Waals surface area contributed by atoms with Crippen LogP contribution in [0.4, 0.5) is 13.2 Å². The zero-order valence-electron chi connectivity index (χ0n) is 8.69. The van der Waals surface area contributed by atoms with Crippen LogP contribution >= 0.6 is 0 Å². The van der Waals surface area contributed by atoms with E-state index in [0.29, 0.717) is 19.3 Å². The Kier molecular flexibility index (Phi) is 4.00. The molecule has 0 heterocycles. The predicted octanol–water partition coefficient (Wildman–Crippen LogP) is 2.07. The van der Waals surface area contributed by atoms with Crippen LogP contribution in [0.15, 0.2) is 0 Å². The van der Waals surface area contributed by atoms with Crippen molar-refractivity contribution in [1.29, 1.82) is 0 Å². The van der Waals surface area contributed by atoms with Crippen molar-refractivity contribution in [2.45, 2.75) is 38.3 Å². The predicted molar refractivity (Wildman–Crippen MR) is 51.2 cm³/mol. The van der Waals surface area contributed by atoms with Crippen LogP contribution in [0.2, 0.25) is 0 Å². The second kappa shape index (κ2) is 4.70. The molecule has 0 aromatic carbocycles. The van der Waals surface area contributed by atoms with Gasteiger partial charge in [0.15, 0.2) is 0 Å². The van der Waals surface area contributed by atoms with Crippen LogP contribution in [0, 0.1) is 11.3 Å². The van der Waals surface area contributed by atoms with Crippen molar-refractivity contribution in [3.05, 3.63) is 0 Å². The number of nitrogens with two attached hydrogens (primary N) is 1. The van der Waals surface area contributed by atoms with E-state index in [1.54, 1.807) is 0 Å². The molecule has 3 N–H and O–H groups in total. The van der Waals surface area contributed by atoms with E-state index < -0.39 is 17.5 Å². The van der Waals surface area contributed by atoms with Gasteiger partial charge in [0.1, 0.15) is 0 Å². The Bertz CT molecular complexity index is 203. The van der Waals surface area contributed by atoms with E-state index in [9.17, 15) is 13.2 Å². The summed E-state index contributed by atoms with van der Waals surface area (Å²) in [6, 6.07) is 0. The molecule has 0 bridgehead atoms. The Morgan fingerprint density at radius 3 is 2.53 bits per heavy atom. The summed E-state index contributed by atoms with van der Waals surface area (Å²) in [7, 11) is 0. The summed E-state index contributed by atoms with van der Waals surface area (Å²) < 4.78 is 37.7. The molecule has 2 nitrogen and oxygen atoms in total. The summed E-state index contributed by atoms with van der Waals surface area (Å²) in [6.45, 7) is 0.155. The van der Waals surface area contributed by atoms with Gasteiger partial charge in [-0.25, -0.2) is 0 Å². The van der Waals surface area contributed by atoms with Gasteiger partial charge in [-0.1, -0.05) is 6.42 Å². The number of aliphatic hydroxyl groups excluding tert-OH is 1. The Balaban J connectivity index is 2.68. The van der Waals surface area contributed by atoms with E-state index in [2.05, 4.69) is 0 Å². The lowest BCUT2D eigenvalue weighted by Crippen LogP contribution is -2.40. The molecule has 0 aliphatic heterocycles. The van der Waals surface area contributed by atoms with Gasteiger partial charge in [0.05, 0.1) is 5.92 Å². The van der Waals surface area contributed by atoms with Gasteiger partial charge >= 0.3 is 6.18 Å². The highest BCUT2D eigenvalue weighted by Gasteiger charge is 2.46. The summed E-state index contributed by atoms with van der Waals surface area (Å²) in [5, 5.41) is 8.87. The van der Waals surface area contributed by atoms with Crippen molar-refractivity contribution in [2.75, 3.05) is 13.2 Å². The van der Waals surface area contributed by atoms with E-state index in [-0.39, 0.29) is 26.0 Å². The normalized spacial score (nSPS) is 33.0. The topological polar surface area (TPSA) is 46.2 Å². The fraction of sp³-hybridized carbons (Fsp3) is 1.00. The number of rotatable bonds is 3. The molecule has 1 rings (SSSR count). The lowest BCUT2D eigenvalue weighted by atomic mass is 9.67. The lowest BCUT2D eigenvalue weighted by molar-refractivity contribution is -0.192. The first-order chi connectivity index (χ1) is 6.93. The van der Waals surface area contributed by atoms with E-state index in [1.165, 1.54) is 0 Å². The molecule has 1 aliphatic carbocycles. The van der Waals surface area contributed by atoms with Crippen molar-refractivity contribution >= 4 is 0 Å². The Morgan fingerprint density at radius 2 is 2.07 bits per heavy atom. The van der Waals surface area contributed by atoms with Crippen molar-refractivity contribution in [3.63, 3.8) is 0 Å². The molecule has 2 unspecified atom stereocenters. The summed E-state index contributed by atoms with van der Waals surface area (Å²) in [5.74, 6) is -1.23. The van der Waals surface area contributed by atoms with Gasteiger partial charge in [-0.05, 0) is 37.6 Å². The highest BCUT2D eigenvalue weighted by Crippen LogP contribution is 2.47. The maximum atomic E-state index is 12.6. The summed E-state index contributed by atoms with van der Waals surface area (Å²) in [5.41, 5.74) is 5.06. The maximum Gasteiger partial charge on any atom is 0.391 e. The molecule has 15 heavy (non-hydrogen) atoms. The third-order valence-electron chi connectivity index (χ3n) is 3.48. The van der Waals surface area contributed by atoms with Gasteiger partial charge in [0, 0.05) is 6.61 Å². The largest absolute Gasteiger partial charge is 0.396 e. The van der Waals surface area contributed by atoms with Crippen LogP contribution in [0.1, 0.15) is 32.1 Å². The van der Waals surface area contributed by atoms with Crippen molar-refractivity contribution < 1.29 is 18.3 Å². The second-order valence-electron chi connectivity index (χ2n) is 4.51. The van der Waals surface area contributed by atoms with Gasteiger partial charge in [0.25, 0.3) is 0 Å². The first-order valence-electron chi connectivity index (χ1n) is 5.31. The molecule has 5 heteroatoms. The zero-order valence-corrected chi connectivity index (χ0v) is 8.69. The molecule has 90 valence electrons. The Hall–Kier alpha value is -0.290. The molecular formula is C10H18F3NO. The standard InChI is InChI=1S/C10H18F3NO/c11-10(12,13)8-2-1-3-9(6-8,7-14)4-5-15/h8,15H,1-7,14H2. The Labute approximate surface area is 87.6 Å². The fourth-order valence-electron chi connectivity index (χ4n) is 2.48. The van der Waals surface area contributed by atoms with Gasteiger partial charge in [-0.3, -0.25) is 0 Å². The van der Waals surface area contributed by atoms with Crippen molar-refractivity contribution in [2.24, 2.45) is 17.1 Å². The van der Waals surface area contributed by atoms with Crippen molar-refractivity contribution in [3.8, 4) is 0 Å². The maximum absolute atomic E-state index is 12.6. The number of hydrogen-bond acceptors (Lipinski definition) is 2. The molecule has 1 aliphatic rings. The van der Waals surface area contributed by atoms with Gasteiger partial charge in [-0.15, -0.1) is 0 Å². The van der Waals surface area contributed by atoms with Crippen molar-refractivity contribution in [1.82, 2.24) is 0 Å². The number of alkyl halides is 3. The summed E-state index contributed by atoms with van der Waals surface area (Å²) >= 11 is 0. The van der Waals surface area contributed by atoms with Crippen LogP contribution in [0.5, 0.6) is 0 Å². The lowest BCUT2D eigenvalue weighted by Gasteiger charge is -2.40. The molecular weight excluding hydrogens is 207 g/mol. The molecule has 1 fully saturated rings. The first kappa shape index (κ1) is 12.8. The molecule has 0 saturated heterocycles. The SMILES string of the molecule is NCC1(CCO)CCCC(C(F)(F)F)C1. The first-order valence-corrected chi connectivity index (χ1v) is 5.31. The van der Waals surface area contributed by atoms with Gasteiger partial charge in [-0.2, -0.15) is 13.2 Å². The minimum atomic E-state index is -4.11. The molecule has 0 radical (unpaired) electrons. The highest BCUT2D eigenvalue weighted by molar-refractivity contribution is 4.89. The Morgan fingerprint density at radius 1 is 1.40 bits per heavy atom. The third kappa shape index (κ3) is 3.08. The monoisotopic (exact) mass is 225 g/mol. The summed E-state index contributed by atoms with van der Waals surface area (Å²) in [6.07, 6.45) is -2.19. The second-order valence-corrected chi connectivity index (χ2v) is 4.51. The van der Waals surface area contributed by atoms with E-state index in [1.807, 2.05) is 0 Å². The van der Waals surface area contributed by atoms with E-state index in [4.69, 9.17) is 10.8 Å². The van der Waals surface area contributed by atoms with Crippen LogP contribution in [-0.2, 0) is 0 Å². The number of halogens is 3. The van der Waals surface area contributed by atoms with E-state index in [0.717, 1.165) is 0 Å². The average Bonchev–Trinajstić information content (AvgIpc) is 2.17. The number of hydrogen-bond donors (Lipinski definition) is 2. The van der Waals surface area contributed by atoms with Crippen LogP contribution in [0.25, 0.3) is 0 Å². The minimum absolute atomic E-state index is 0.0769. The molecule has 0 amide bonds. The van der Waals surface area contributed by atoms with Crippen LogP contribution in [-0.4, -0.2) is 24.4 Å². The van der Waals surface area contributed by atoms with E-state index >= 15 is 0 Å². The number of aliphatic hydroxyl groups is 1. The quantitative estimate of drug-likeness (QED) is 0.772. The summed E-state index contributed by atoms with van der Waals surface area (Å²) in [4.78, 5) is 0. The van der Waals surface area contributed by atoms with Gasteiger partial charge in [0.2, 0.25) is 0 Å².